The van der Waals surface area contributed by atoms with Crippen LogP contribution in [0.3, 0.4) is 0 Å². The molecule has 6 nitrogen and oxygen atoms in total. The van der Waals surface area contributed by atoms with Gasteiger partial charge in [0, 0.05) is 17.8 Å². The second kappa shape index (κ2) is 10.2. The van der Waals surface area contributed by atoms with Gasteiger partial charge in [-0.1, -0.05) is 41.9 Å². The van der Waals surface area contributed by atoms with Crippen molar-refractivity contribution >= 4 is 33.7 Å². The average molecular weight is 413 g/mol. The first kappa shape index (κ1) is 21.2. The van der Waals surface area contributed by atoms with Crippen molar-refractivity contribution in [3.63, 3.8) is 0 Å². The molecular weight excluding hydrogens is 388 g/mol. The lowest BCUT2D eigenvalue weighted by Crippen LogP contribution is -2.52. The summed E-state index contributed by atoms with van der Waals surface area (Å²) in [6.45, 7) is 5.28. The lowest BCUT2D eigenvalue weighted by molar-refractivity contribution is -0.145. The Morgan fingerprint density at radius 1 is 1.16 bits per heavy atom. The Morgan fingerprint density at radius 3 is 2.36 bits per heavy atom. The van der Waals surface area contributed by atoms with Gasteiger partial charge in [-0.2, -0.15) is 0 Å². The fraction of sp³-hybridized carbons (Fsp3) is 0.500. The van der Waals surface area contributed by atoms with Crippen LogP contribution in [-0.2, 0) is 25.5 Å². The standard InChI is InChI=1S/C18H25BrN2O4/c1-11(2)8-15(20-12(3)22)17(23)21-16(18(24)25-4)10-13-6-5-7-14(19)9-13/h5-7,9,11,15-16H,8,10H2,1-4H3,(H,20,22)(H,21,23)/t15-,16+/m0/s1. The molecule has 138 valence electrons. The number of hydrogen-bond donors (Lipinski definition) is 2. The first-order valence-corrected chi connectivity index (χ1v) is 8.92. The zero-order valence-electron chi connectivity index (χ0n) is 15.0. The van der Waals surface area contributed by atoms with E-state index in [0.717, 1.165) is 10.0 Å². The second-order valence-electron chi connectivity index (χ2n) is 6.30. The van der Waals surface area contributed by atoms with Crippen molar-refractivity contribution in [2.24, 2.45) is 5.92 Å². The summed E-state index contributed by atoms with van der Waals surface area (Å²) < 4.78 is 5.69. The van der Waals surface area contributed by atoms with Gasteiger partial charge in [0.2, 0.25) is 11.8 Å². The Bertz CT molecular complexity index is 619. The Labute approximate surface area is 156 Å². The van der Waals surface area contributed by atoms with Crippen molar-refractivity contribution in [1.82, 2.24) is 10.6 Å². The summed E-state index contributed by atoms with van der Waals surface area (Å²) in [6, 6.07) is 5.97. The van der Waals surface area contributed by atoms with Gasteiger partial charge in [0.1, 0.15) is 12.1 Å². The van der Waals surface area contributed by atoms with E-state index in [-0.39, 0.29) is 11.8 Å². The van der Waals surface area contributed by atoms with Crippen LogP contribution in [0.5, 0.6) is 0 Å². The summed E-state index contributed by atoms with van der Waals surface area (Å²) in [5.41, 5.74) is 0.880. The Balaban J connectivity index is 2.89. The summed E-state index contributed by atoms with van der Waals surface area (Å²) in [4.78, 5) is 36.0. The van der Waals surface area contributed by atoms with Gasteiger partial charge in [-0.25, -0.2) is 4.79 Å². The zero-order chi connectivity index (χ0) is 19.0. The fourth-order valence-corrected chi connectivity index (χ4v) is 2.90. The molecule has 1 aromatic carbocycles. The molecule has 0 unspecified atom stereocenters. The van der Waals surface area contributed by atoms with E-state index in [1.165, 1.54) is 14.0 Å². The molecule has 2 amide bonds. The molecule has 0 aliphatic heterocycles. The Morgan fingerprint density at radius 2 is 1.84 bits per heavy atom. The van der Waals surface area contributed by atoms with Crippen LogP contribution >= 0.6 is 15.9 Å². The minimum atomic E-state index is -0.824. The number of hydrogen-bond acceptors (Lipinski definition) is 4. The molecule has 1 aromatic rings. The first-order valence-electron chi connectivity index (χ1n) is 8.12. The maximum absolute atomic E-state index is 12.6. The number of nitrogens with one attached hydrogen (secondary N) is 2. The van der Waals surface area contributed by atoms with Crippen molar-refractivity contribution in [3.05, 3.63) is 34.3 Å². The Kier molecular flexibility index (Phi) is 8.61. The second-order valence-corrected chi connectivity index (χ2v) is 7.22. The smallest absolute Gasteiger partial charge is 0.328 e. The summed E-state index contributed by atoms with van der Waals surface area (Å²) >= 11 is 3.38. The van der Waals surface area contributed by atoms with E-state index in [1.54, 1.807) is 0 Å². The third-order valence-electron chi connectivity index (χ3n) is 3.53. The molecule has 0 bridgehead atoms. The minimum Gasteiger partial charge on any atom is -0.467 e. The maximum atomic E-state index is 12.6. The van der Waals surface area contributed by atoms with Gasteiger partial charge in [0.25, 0.3) is 0 Å². The number of esters is 1. The molecular formula is C18H25BrN2O4. The van der Waals surface area contributed by atoms with E-state index < -0.39 is 24.0 Å². The molecule has 0 saturated heterocycles. The van der Waals surface area contributed by atoms with Crippen LogP contribution in [0.15, 0.2) is 28.7 Å². The lowest BCUT2D eigenvalue weighted by Gasteiger charge is -2.23. The normalized spacial score (nSPS) is 13.0. The molecule has 0 saturated carbocycles. The Hall–Kier alpha value is -1.89. The molecule has 0 radical (unpaired) electrons. The van der Waals surface area contributed by atoms with Gasteiger partial charge in [-0.15, -0.1) is 0 Å². The molecule has 0 fully saturated rings. The molecule has 2 N–H and O–H groups in total. The van der Waals surface area contributed by atoms with Crippen molar-refractivity contribution in [2.75, 3.05) is 7.11 Å². The molecule has 0 heterocycles. The fourth-order valence-electron chi connectivity index (χ4n) is 2.46. The third-order valence-corrected chi connectivity index (χ3v) is 4.03. The van der Waals surface area contributed by atoms with Crippen LogP contribution in [-0.4, -0.2) is 37.0 Å². The van der Waals surface area contributed by atoms with Crippen LogP contribution in [0.1, 0.15) is 32.8 Å². The van der Waals surface area contributed by atoms with Crippen LogP contribution in [0, 0.1) is 5.92 Å². The number of amides is 2. The molecule has 0 spiro atoms. The topological polar surface area (TPSA) is 84.5 Å². The molecule has 2 atom stereocenters. The van der Waals surface area contributed by atoms with Crippen LogP contribution in [0.2, 0.25) is 0 Å². The van der Waals surface area contributed by atoms with Crippen LogP contribution in [0.4, 0.5) is 0 Å². The van der Waals surface area contributed by atoms with Gasteiger partial charge in [-0.3, -0.25) is 9.59 Å². The summed E-state index contributed by atoms with van der Waals surface area (Å²) in [5.74, 6) is -1.000. The van der Waals surface area contributed by atoms with Gasteiger partial charge in [0.15, 0.2) is 0 Å². The highest BCUT2D eigenvalue weighted by molar-refractivity contribution is 9.10. The lowest BCUT2D eigenvalue weighted by atomic mass is 10.0. The first-order chi connectivity index (χ1) is 11.7. The number of rotatable bonds is 8. The average Bonchev–Trinajstić information content (AvgIpc) is 2.52. The number of benzene rings is 1. The van der Waals surface area contributed by atoms with Gasteiger partial charge in [-0.05, 0) is 30.0 Å². The summed E-state index contributed by atoms with van der Waals surface area (Å²) in [5, 5.41) is 5.34. The van der Waals surface area contributed by atoms with Gasteiger partial charge < -0.3 is 15.4 Å². The van der Waals surface area contributed by atoms with E-state index in [4.69, 9.17) is 4.74 Å². The van der Waals surface area contributed by atoms with Gasteiger partial charge >= 0.3 is 5.97 Å². The molecule has 25 heavy (non-hydrogen) atoms. The van der Waals surface area contributed by atoms with Crippen LogP contribution in [0.25, 0.3) is 0 Å². The highest BCUT2D eigenvalue weighted by Crippen LogP contribution is 2.14. The maximum Gasteiger partial charge on any atom is 0.328 e. The van der Waals surface area contributed by atoms with E-state index >= 15 is 0 Å². The predicted octanol–water partition coefficient (Wildman–Crippen LogP) is 2.20. The van der Waals surface area contributed by atoms with E-state index in [1.807, 2.05) is 38.1 Å². The number of halogens is 1. The van der Waals surface area contributed by atoms with Crippen molar-refractivity contribution < 1.29 is 19.1 Å². The number of carbonyl (C=O) groups is 3. The largest absolute Gasteiger partial charge is 0.467 e. The van der Waals surface area contributed by atoms with E-state index in [2.05, 4.69) is 26.6 Å². The highest BCUT2D eigenvalue weighted by Gasteiger charge is 2.27. The molecule has 7 heteroatoms. The van der Waals surface area contributed by atoms with Crippen molar-refractivity contribution in [2.45, 2.75) is 45.7 Å². The SMILES string of the molecule is COC(=O)[C@@H](Cc1cccc(Br)c1)NC(=O)[C@H](CC(C)C)NC(C)=O. The zero-order valence-corrected chi connectivity index (χ0v) is 16.6. The quantitative estimate of drug-likeness (QED) is 0.640. The van der Waals surface area contributed by atoms with Crippen LogP contribution < -0.4 is 10.6 Å². The molecule has 0 aliphatic rings. The highest BCUT2D eigenvalue weighted by atomic mass is 79.9. The molecule has 0 aromatic heterocycles. The summed E-state index contributed by atoms with van der Waals surface area (Å²) in [7, 11) is 1.28. The van der Waals surface area contributed by atoms with Crippen molar-refractivity contribution in [3.8, 4) is 0 Å². The minimum absolute atomic E-state index is 0.212. The monoisotopic (exact) mass is 412 g/mol. The number of carbonyl (C=O) groups excluding carboxylic acids is 3. The predicted molar refractivity (Wildman–Crippen MR) is 98.9 cm³/mol. The molecule has 1 rings (SSSR count). The van der Waals surface area contributed by atoms with Gasteiger partial charge in [0.05, 0.1) is 7.11 Å². The third kappa shape index (κ3) is 7.69. The van der Waals surface area contributed by atoms with E-state index in [9.17, 15) is 14.4 Å². The summed E-state index contributed by atoms with van der Waals surface area (Å²) in [6.07, 6.45) is 0.780. The van der Waals surface area contributed by atoms with E-state index in [0.29, 0.717) is 12.8 Å². The number of methoxy groups -OCH3 is 1. The van der Waals surface area contributed by atoms with Crippen molar-refractivity contribution in [1.29, 1.82) is 0 Å². The number of ether oxygens (including phenoxy) is 1. The molecule has 0 aliphatic carbocycles.